The Morgan fingerprint density at radius 2 is 1.50 bits per heavy atom. The minimum Gasteiger partial charge on any atom is -0.378 e. The van der Waals surface area contributed by atoms with Crippen LogP contribution in [0.5, 0.6) is 0 Å². The fraction of sp³-hybridized carbons (Fsp3) is 0.312. The summed E-state index contributed by atoms with van der Waals surface area (Å²) < 4.78 is 3.05. The van der Waals surface area contributed by atoms with Crippen LogP contribution in [-0.4, -0.2) is 67.8 Å². The second kappa shape index (κ2) is 10.5. The number of nitrogens with one attached hydrogen (secondary N) is 1. The zero-order valence-electron chi connectivity index (χ0n) is 23.2. The summed E-state index contributed by atoms with van der Waals surface area (Å²) in [6.45, 7) is 4.81. The Morgan fingerprint density at radius 1 is 0.895 bits per heavy atom. The Labute approximate surface area is 225 Å². The van der Waals surface area contributed by atoms with Crippen LogP contribution in [0.2, 0.25) is 0 Å². The molecule has 0 aliphatic carbocycles. The number of hydrogen-bond acceptors (Lipinski definition) is 3. The summed E-state index contributed by atoms with van der Waals surface area (Å²) >= 11 is 0. The second-order valence-corrected chi connectivity index (χ2v) is 10.9. The zero-order valence-corrected chi connectivity index (χ0v) is 23.2. The Balaban J connectivity index is 1.63. The number of carbonyl (C=O) groups excluding carboxylic acids is 1. The van der Waals surface area contributed by atoms with Crippen LogP contribution in [0.4, 0.5) is 5.69 Å². The number of anilines is 1. The molecule has 0 saturated carbocycles. The van der Waals surface area contributed by atoms with E-state index in [1.54, 1.807) is 0 Å². The minimum atomic E-state index is 0.102. The third kappa shape index (κ3) is 4.96. The first-order valence-electron chi connectivity index (χ1n) is 13.4. The molecule has 38 heavy (non-hydrogen) atoms. The molecule has 0 unspecified atom stereocenters. The number of amides is 1. The molecule has 4 aromatic carbocycles. The average Bonchev–Trinajstić information content (AvgIpc) is 3.28. The van der Waals surface area contributed by atoms with Crippen LogP contribution in [0.3, 0.4) is 0 Å². The SMILES string of the molecule is CCNC(=O)C[N+](C)(C)CCCn1c(-c2ccc(N(C)C)cc2)nc2c3ccccc3c3ccccc3c21. The number of nitrogens with zero attached hydrogens (tertiary/aromatic N) is 4. The van der Waals surface area contributed by atoms with Gasteiger partial charge in [-0.3, -0.25) is 4.79 Å². The molecular formula is C32H38N5O+. The summed E-state index contributed by atoms with van der Waals surface area (Å²) in [7, 11) is 8.38. The van der Waals surface area contributed by atoms with E-state index in [9.17, 15) is 4.79 Å². The monoisotopic (exact) mass is 508 g/mol. The predicted octanol–water partition coefficient (Wildman–Crippen LogP) is 5.68. The number of hydrogen-bond donors (Lipinski definition) is 1. The van der Waals surface area contributed by atoms with Gasteiger partial charge in [0, 0.05) is 55.6 Å². The topological polar surface area (TPSA) is 50.2 Å². The largest absolute Gasteiger partial charge is 0.378 e. The number of rotatable bonds is 9. The lowest BCUT2D eigenvalue weighted by Gasteiger charge is -2.29. The molecule has 1 heterocycles. The molecule has 0 atom stereocenters. The lowest BCUT2D eigenvalue weighted by molar-refractivity contribution is -0.882. The third-order valence-electron chi connectivity index (χ3n) is 7.35. The molecule has 6 heteroatoms. The van der Waals surface area contributed by atoms with Crippen molar-refractivity contribution in [2.24, 2.45) is 0 Å². The van der Waals surface area contributed by atoms with E-state index < -0.39 is 0 Å². The summed E-state index contributed by atoms with van der Waals surface area (Å²) in [5.41, 5.74) is 4.50. The third-order valence-corrected chi connectivity index (χ3v) is 7.35. The maximum Gasteiger partial charge on any atom is 0.275 e. The van der Waals surface area contributed by atoms with Crippen molar-refractivity contribution < 1.29 is 9.28 Å². The molecule has 0 radical (unpaired) electrons. The Hall–Kier alpha value is -3.90. The van der Waals surface area contributed by atoms with E-state index in [0.29, 0.717) is 17.6 Å². The molecule has 196 valence electrons. The van der Waals surface area contributed by atoms with E-state index in [1.165, 1.54) is 27.1 Å². The minimum absolute atomic E-state index is 0.102. The van der Waals surface area contributed by atoms with Crippen molar-refractivity contribution in [1.29, 1.82) is 0 Å². The van der Waals surface area contributed by atoms with Crippen LogP contribution in [0, 0.1) is 0 Å². The van der Waals surface area contributed by atoms with Gasteiger partial charge in [-0.1, -0.05) is 48.5 Å². The Bertz CT molecular complexity index is 1600. The maximum atomic E-state index is 12.3. The van der Waals surface area contributed by atoms with Crippen molar-refractivity contribution >= 4 is 44.2 Å². The standard InChI is InChI=1S/C32H37N5O/c1-6-33-29(38)22-37(4,5)21-11-20-36-31-28-15-10-8-13-26(28)25-12-7-9-14-27(25)30(31)34-32(36)23-16-18-24(19-17-23)35(2)3/h7-10,12-19H,6,11,20-22H2,1-5H3/p+1. The highest BCUT2D eigenvalue weighted by Crippen LogP contribution is 2.37. The van der Waals surface area contributed by atoms with Crippen LogP contribution in [-0.2, 0) is 11.3 Å². The van der Waals surface area contributed by atoms with Crippen molar-refractivity contribution in [3.05, 3.63) is 72.8 Å². The lowest BCUT2D eigenvalue weighted by atomic mass is 10.00. The van der Waals surface area contributed by atoms with Gasteiger partial charge in [0.25, 0.3) is 5.91 Å². The number of benzene rings is 4. The number of fused-ring (bicyclic) bond motifs is 6. The average molecular weight is 509 g/mol. The van der Waals surface area contributed by atoms with Gasteiger partial charge in [-0.2, -0.15) is 0 Å². The highest BCUT2D eigenvalue weighted by molar-refractivity contribution is 6.23. The number of likely N-dealkylation sites (N-methyl/N-ethyl adjacent to an activating group) is 2. The molecule has 6 nitrogen and oxygen atoms in total. The molecule has 1 N–H and O–H groups in total. The summed E-state index contributed by atoms with van der Waals surface area (Å²) in [5.74, 6) is 1.09. The van der Waals surface area contributed by atoms with E-state index in [2.05, 4.69) is 116 Å². The molecule has 5 rings (SSSR count). The number of imidazole rings is 1. The van der Waals surface area contributed by atoms with Crippen molar-refractivity contribution in [3.63, 3.8) is 0 Å². The van der Waals surface area contributed by atoms with Crippen molar-refractivity contribution in [3.8, 4) is 11.4 Å². The highest BCUT2D eigenvalue weighted by atomic mass is 16.2. The number of aryl methyl sites for hydroxylation is 1. The summed E-state index contributed by atoms with van der Waals surface area (Å²) in [5, 5.41) is 7.82. The quantitative estimate of drug-likeness (QED) is 0.206. The van der Waals surface area contributed by atoms with Crippen molar-refractivity contribution in [2.75, 3.05) is 52.7 Å². The molecule has 0 bridgehead atoms. The van der Waals surface area contributed by atoms with Crippen molar-refractivity contribution in [1.82, 2.24) is 14.9 Å². The molecular weight excluding hydrogens is 470 g/mol. The van der Waals surface area contributed by atoms with E-state index in [-0.39, 0.29) is 5.91 Å². The van der Waals surface area contributed by atoms with Gasteiger partial charge in [-0.05, 0) is 42.0 Å². The molecule has 0 spiro atoms. The van der Waals surface area contributed by atoms with Crippen LogP contribution >= 0.6 is 0 Å². The summed E-state index contributed by atoms with van der Waals surface area (Å²) in [6, 6.07) is 25.9. The summed E-state index contributed by atoms with van der Waals surface area (Å²) in [6.07, 6.45) is 0.932. The molecule has 0 fully saturated rings. The van der Waals surface area contributed by atoms with E-state index in [1.807, 2.05) is 6.92 Å². The molecule has 0 saturated heterocycles. The Kier molecular flexibility index (Phi) is 7.09. The summed E-state index contributed by atoms with van der Waals surface area (Å²) in [4.78, 5) is 19.7. The number of quaternary nitrogens is 1. The molecule has 0 aliphatic heterocycles. The number of carbonyl (C=O) groups is 1. The van der Waals surface area contributed by atoms with E-state index >= 15 is 0 Å². The van der Waals surface area contributed by atoms with Gasteiger partial charge >= 0.3 is 0 Å². The van der Waals surface area contributed by atoms with Gasteiger partial charge in [-0.25, -0.2) is 4.98 Å². The lowest BCUT2D eigenvalue weighted by Crippen LogP contribution is -2.48. The normalized spacial score (nSPS) is 11.9. The fourth-order valence-corrected chi connectivity index (χ4v) is 5.49. The zero-order chi connectivity index (χ0) is 26.9. The van der Waals surface area contributed by atoms with Gasteiger partial charge in [-0.15, -0.1) is 0 Å². The fourth-order valence-electron chi connectivity index (χ4n) is 5.49. The van der Waals surface area contributed by atoms with Gasteiger partial charge in [0.1, 0.15) is 5.82 Å². The molecule has 1 amide bonds. The predicted molar refractivity (Wildman–Crippen MR) is 160 cm³/mol. The number of aromatic nitrogens is 2. The molecule has 5 aromatic rings. The molecule has 0 aliphatic rings. The Morgan fingerprint density at radius 3 is 2.13 bits per heavy atom. The smallest absolute Gasteiger partial charge is 0.275 e. The van der Waals surface area contributed by atoms with Crippen LogP contribution in [0.1, 0.15) is 13.3 Å². The van der Waals surface area contributed by atoms with Crippen LogP contribution in [0.15, 0.2) is 72.8 Å². The van der Waals surface area contributed by atoms with Gasteiger partial charge in [0.15, 0.2) is 6.54 Å². The van der Waals surface area contributed by atoms with E-state index in [0.717, 1.165) is 42.1 Å². The van der Waals surface area contributed by atoms with Gasteiger partial charge in [0.05, 0.1) is 31.7 Å². The van der Waals surface area contributed by atoms with E-state index in [4.69, 9.17) is 4.98 Å². The van der Waals surface area contributed by atoms with Crippen LogP contribution in [0.25, 0.3) is 44.0 Å². The first-order chi connectivity index (χ1) is 18.3. The first kappa shape index (κ1) is 25.7. The highest BCUT2D eigenvalue weighted by Gasteiger charge is 2.22. The first-order valence-corrected chi connectivity index (χ1v) is 13.4. The van der Waals surface area contributed by atoms with Crippen LogP contribution < -0.4 is 10.2 Å². The second-order valence-electron chi connectivity index (χ2n) is 10.9. The maximum absolute atomic E-state index is 12.3. The van der Waals surface area contributed by atoms with Gasteiger partial charge < -0.3 is 19.3 Å². The van der Waals surface area contributed by atoms with Gasteiger partial charge in [0.2, 0.25) is 0 Å². The van der Waals surface area contributed by atoms with Crippen molar-refractivity contribution in [2.45, 2.75) is 19.9 Å². The molecule has 1 aromatic heterocycles.